The average molecular weight is 565 g/mol. The minimum atomic E-state index is -0.469. The van der Waals surface area contributed by atoms with Gasteiger partial charge in [-0.3, -0.25) is 14.6 Å². The molecule has 0 saturated carbocycles. The van der Waals surface area contributed by atoms with Gasteiger partial charge in [-0.25, -0.2) is 9.59 Å². The predicted molar refractivity (Wildman–Crippen MR) is 160 cm³/mol. The van der Waals surface area contributed by atoms with E-state index in [1.54, 1.807) is 12.0 Å². The molecule has 4 amide bonds. The number of imide groups is 1. The summed E-state index contributed by atoms with van der Waals surface area (Å²) in [5.41, 5.74) is 2.37. The Labute approximate surface area is 243 Å². The number of alkyl carbamates (subject to hydrolysis) is 1. The van der Waals surface area contributed by atoms with Crippen LogP contribution in [0.4, 0.5) is 21.0 Å². The van der Waals surface area contributed by atoms with Gasteiger partial charge in [0.2, 0.25) is 5.91 Å². The topological polar surface area (TPSA) is 91.4 Å². The summed E-state index contributed by atoms with van der Waals surface area (Å²) in [5, 5.41) is 2.84. The molecule has 0 bridgehead atoms. The van der Waals surface area contributed by atoms with Crippen molar-refractivity contribution < 1.29 is 23.9 Å². The molecule has 2 heterocycles. The molecule has 41 heavy (non-hydrogen) atoms. The number of methoxy groups -OCH3 is 1. The Morgan fingerprint density at radius 3 is 2.22 bits per heavy atom. The maximum Gasteiger partial charge on any atom is 0.407 e. The summed E-state index contributed by atoms with van der Waals surface area (Å²) in [6, 6.07) is 15.3. The molecular formula is C32H44N4O5. The van der Waals surface area contributed by atoms with E-state index in [0.717, 1.165) is 61.5 Å². The number of urea groups is 1. The summed E-state index contributed by atoms with van der Waals surface area (Å²) >= 11 is 0. The number of amides is 4. The lowest BCUT2D eigenvalue weighted by molar-refractivity contribution is -0.129. The molecule has 222 valence electrons. The van der Waals surface area contributed by atoms with Crippen LogP contribution in [0.5, 0.6) is 5.75 Å². The lowest BCUT2D eigenvalue weighted by atomic mass is 9.91. The maximum absolute atomic E-state index is 13.3. The van der Waals surface area contributed by atoms with Crippen molar-refractivity contribution in [2.75, 3.05) is 43.1 Å². The summed E-state index contributed by atoms with van der Waals surface area (Å²) in [7, 11) is 1.61. The number of nitrogens with one attached hydrogen (secondary N) is 1. The Hall–Kier alpha value is -3.75. The van der Waals surface area contributed by atoms with E-state index in [0.29, 0.717) is 25.4 Å². The van der Waals surface area contributed by atoms with Crippen LogP contribution in [-0.2, 0) is 16.1 Å². The van der Waals surface area contributed by atoms with Crippen LogP contribution in [0, 0.1) is 5.92 Å². The van der Waals surface area contributed by atoms with Crippen molar-refractivity contribution >= 4 is 29.4 Å². The lowest BCUT2D eigenvalue weighted by Crippen LogP contribution is -2.52. The third-order valence-electron chi connectivity index (χ3n) is 7.66. The van der Waals surface area contributed by atoms with Gasteiger partial charge in [0.15, 0.2) is 0 Å². The second-order valence-corrected chi connectivity index (χ2v) is 11.9. The van der Waals surface area contributed by atoms with Gasteiger partial charge in [-0.15, -0.1) is 0 Å². The van der Waals surface area contributed by atoms with Gasteiger partial charge in [0.1, 0.15) is 11.4 Å². The van der Waals surface area contributed by atoms with E-state index in [4.69, 9.17) is 9.47 Å². The third kappa shape index (κ3) is 8.62. The number of benzene rings is 2. The van der Waals surface area contributed by atoms with E-state index >= 15 is 0 Å². The first-order valence-corrected chi connectivity index (χ1v) is 14.7. The molecule has 0 aromatic heterocycles. The maximum atomic E-state index is 13.3. The van der Waals surface area contributed by atoms with Gasteiger partial charge >= 0.3 is 12.1 Å². The Balaban J connectivity index is 1.22. The number of nitrogens with zero attached hydrogens (tertiary/aromatic N) is 3. The van der Waals surface area contributed by atoms with Crippen molar-refractivity contribution in [3.8, 4) is 5.75 Å². The molecule has 0 radical (unpaired) electrons. The first-order chi connectivity index (χ1) is 19.6. The molecule has 2 aliphatic heterocycles. The standard InChI is InChI=1S/C32H44N4O5/c1-32(2,3)41-30(38)33-19-6-5-7-24-16-20-34(21-17-24)26-10-12-27(13-11-26)35-22-18-29(37)36(31(35)39)23-25-8-14-28(40-4)15-9-25/h8-15,24H,5-7,16-23H2,1-4H3,(H,33,38). The molecule has 0 unspecified atom stereocenters. The summed E-state index contributed by atoms with van der Waals surface area (Å²) < 4.78 is 10.5. The molecule has 9 heteroatoms. The highest BCUT2D eigenvalue weighted by atomic mass is 16.6. The molecule has 2 saturated heterocycles. The third-order valence-corrected chi connectivity index (χ3v) is 7.66. The normalized spacial score (nSPS) is 16.6. The van der Waals surface area contributed by atoms with Crippen LogP contribution in [0.3, 0.4) is 0 Å². The SMILES string of the molecule is COc1ccc(CN2C(=O)CCN(c3ccc(N4CCC(CCCCNC(=O)OC(C)(C)C)CC4)cc3)C2=O)cc1. The van der Waals surface area contributed by atoms with Gasteiger partial charge < -0.3 is 19.7 Å². The van der Waals surface area contributed by atoms with Gasteiger partial charge in [-0.2, -0.15) is 0 Å². The van der Waals surface area contributed by atoms with Crippen LogP contribution in [0.25, 0.3) is 0 Å². The van der Waals surface area contributed by atoms with Gasteiger partial charge in [0.25, 0.3) is 0 Å². The smallest absolute Gasteiger partial charge is 0.407 e. The van der Waals surface area contributed by atoms with E-state index < -0.39 is 5.60 Å². The number of hydrogen-bond donors (Lipinski definition) is 1. The first kappa shape index (κ1) is 30.2. The summed E-state index contributed by atoms with van der Waals surface area (Å²) in [6.45, 7) is 8.88. The van der Waals surface area contributed by atoms with E-state index in [1.807, 2.05) is 57.2 Å². The molecule has 2 aliphatic rings. The number of piperidine rings is 1. The largest absolute Gasteiger partial charge is 0.497 e. The predicted octanol–water partition coefficient (Wildman–Crippen LogP) is 5.97. The number of anilines is 2. The highest BCUT2D eigenvalue weighted by molar-refractivity contribution is 6.05. The Bertz CT molecular complexity index is 1170. The summed E-state index contributed by atoms with van der Waals surface area (Å²) in [5.74, 6) is 1.29. The van der Waals surface area contributed by atoms with Crippen molar-refractivity contribution in [2.45, 2.75) is 71.4 Å². The van der Waals surface area contributed by atoms with Crippen LogP contribution in [0.2, 0.25) is 0 Å². The summed E-state index contributed by atoms with van der Waals surface area (Å²) in [6.07, 6.45) is 5.47. The van der Waals surface area contributed by atoms with Crippen molar-refractivity contribution in [2.24, 2.45) is 5.92 Å². The van der Waals surface area contributed by atoms with E-state index in [-0.39, 0.29) is 24.6 Å². The van der Waals surface area contributed by atoms with Crippen LogP contribution in [-0.4, -0.2) is 61.8 Å². The fourth-order valence-electron chi connectivity index (χ4n) is 5.39. The molecule has 0 spiro atoms. The highest BCUT2D eigenvalue weighted by Gasteiger charge is 2.33. The Morgan fingerprint density at radius 1 is 0.927 bits per heavy atom. The van der Waals surface area contributed by atoms with Crippen LogP contribution in [0.15, 0.2) is 48.5 Å². The molecule has 4 rings (SSSR count). The number of rotatable bonds is 10. The Morgan fingerprint density at radius 2 is 1.59 bits per heavy atom. The lowest BCUT2D eigenvalue weighted by Gasteiger charge is -2.35. The molecule has 2 fully saturated rings. The fraction of sp³-hybridized carbons (Fsp3) is 0.531. The highest BCUT2D eigenvalue weighted by Crippen LogP contribution is 2.29. The minimum absolute atomic E-state index is 0.152. The van der Waals surface area contributed by atoms with Crippen LogP contribution in [0.1, 0.15) is 64.9 Å². The van der Waals surface area contributed by atoms with E-state index in [1.165, 1.54) is 11.3 Å². The molecule has 0 atom stereocenters. The molecule has 2 aromatic rings. The first-order valence-electron chi connectivity index (χ1n) is 14.7. The zero-order valence-electron chi connectivity index (χ0n) is 24.9. The van der Waals surface area contributed by atoms with Crippen molar-refractivity contribution in [1.29, 1.82) is 0 Å². The Kier molecular flexibility index (Phi) is 10.1. The second-order valence-electron chi connectivity index (χ2n) is 11.9. The molecule has 9 nitrogen and oxygen atoms in total. The number of unbranched alkanes of at least 4 members (excludes halogenated alkanes) is 1. The number of carbonyl (C=O) groups excluding carboxylic acids is 3. The quantitative estimate of drug-likeness (QED) is 0.358. The summed E-state index contributed by atoms with van der Waals surface area (Å²) in [4.78, 5) is 43.0. The monoisotopic (exact) mass is 564 g/mol. The van der Waals surface area contributed by atoms with Gasteiger partial charge in [0, 0.05) is 44.0 Å². The molecular weight excluding hydrogens is 520 g/mol. The van der Waals surface area contributed by atoms with Crippen LogP contribution < -0.4 is 19.9 Å². The van der Waals surface area contributed by atoms with Crippen molar-refractivity contribution in [1.82, 2.24) is 10.2 Å². The molecule has 0 aliphatic carbocycles. The zero-order valence-corrected chi connectivity index (χ0v) is 24.9. The van der Waals surface area contributed by atoms with Crippen molar-refractivity contribution in [3.05, 3.63) is 54.1 Å². The average Bonchev–Trinajstić information content (AvgIpc) is 2.95. The van der Waals surface area contributed by atoms with E-state index in [2.05, 4.69) is 22.3 Å². The molecule has 2 aromatic carbocycles. The second kappa shape index (κ2) is 13.7. The van der Waals surface area contributed by atoms with Gasteiger partial charge in [-0.1, -0.05) is 25.0 Å². The zero-order chi connectivity index (χ0) is 29.4. The molecule has 1 N–H and O–H groups in total. The van der Waals surface area contributed by atoms with Crippen molar-refractivity contribution in [3.63, 3.8) is 0 Å². The number of hydrogen-bond acceptors (Lipinski definition) is 6. The van der Waals surface area contributed by atoms with Gasteiger partial charge in [0.05, 0.1) is 13.7 Å². The van der Waals surface area contributed by atoms with E-state index in [9.17, 15) is 14.4 Å². The number of ether oxygens (including phenoxy) is 2. The van der Waals surface area contributed by atoms with Crippen LogP contribution >= 0.6 is 0 Å². The minimum Gasteiger partial charge on any atom is -0.497 e. The number of carbonyl (C=O) groups is 3. The fourth-order valence-corrected chi connectivity index (χ4v) is 5.39. The van der Waals surface area contributed by atoms with Gasteiger partial charge in [-0.05, 0) is 87.9 Å².